The van der Waals surface area contributed by atoms with Gasteiger partial charge in [0, 0.05) is 26.7 Å². The number of methoxy groups -OCH3 is 1. The summed E-state index contributed by atoms with van der Waals surface area (Å²) in [6.45, 7) is 3.04. The minimum Gasteiger partial charge on any atom is -0.383 e. The minimum absolute atomic E-state index is 0.511. The Balaban J connectivity index is 2.37. The molecule has 0 bridgehead atoms. The molecule has 1 heterocycles. The van der Waals surface area contributed by atoms with Crippen molar-refractivity contribution in [1.29, 1.82) is 0 Å². The number of nitrogens with zero attached hydrogens (tertiary/aromatic N) is 4. The van der Waals surface area contributed by atoms with Gasteiger partial charge >= 0.3 is 0 Å². The van der Waals surface area contributed by atoms with E-state index < -0.39 is 0 Å². The first-order valence-corrected chi connectivity index (χ1v) is 5.53. The van der Waals surface area contributed by atoms with Crippen LogP contribution in [0, 0.1) is 0 Å². The van der Waals surface area contributed by atoms with E-state index in [-0.39, 0.29) is 0 Å². The van der Waals surface area contributed by atoms with Crippen LogP contribution in [0.4, 0.5) is 11.8 Å². The van der Waals surface area contributed by atoms with E-state index in [0.29, 0.717) is 19.1 Å². The Labute approximate surface area is 102 Å². The zero-order valence-corrected chi connectivity index (χ0v) is 10.6. The number of aromatic nitrogens is 3. The molecular weight excluding hydrogens is 220 g/mol. The van der Waals surface area contributed by atoms with Crippen molar-refractivity contribution in [2.24, 2.45) is 0 Å². The molecule has 0 aliphatic carbocycles. The molecule has 0 saturated heterocycles. The average Bonchev–Trinajstić information content (AvgIpc) is 2.29. The minimum atomic E-state index is 0.511. The lowest BCUT2D eigenvalue weighted by Gasteiger charge is -2.11. The zero-order valence-electron chi connectivity index (χ0n) is 10.6. The van der Waals surface area contributed by atoms with Gasteiger partial charge in [0.2, 0.25) is 5.95 Å². The summed E-state index contributed by atoms with van der Waals surface area (Å²) < 4.78 is 4.93. The highest BCUT2D eigenvalue weighted by molar-refractivity contribution is 5.36. The maximum atomic E-state index is 4.93. The van der Waals surface area contributed by atoms with Crippen molar-refractivity contribution in [3.8, 4) is 0 Å². The Morgan fingerprint density at radius 3 is 2.82 bits per heavy atom. The number of hydrogen-bond donors (Lipinski definition) is 2. The summed E-state index contributed by atoms with van der Waals surface area (Å²) in [6, 6.07) is 0. The number of anilines is 2. The second kappa shape index (κ2) is 7.75. The number of likely N-dealkylation sites (N-methyl/N-ethyl adjacent to an activating group) is 1. The van der Waals surface area contributed by atoms with Gasteiger partial charge in [-0.2, -0.15) is 10.1 Å². The van der Waals surface area contributed by atoms with Gasteiger partial charge in [-0.3, -0.25) is 0 Å². The molecule has 0 aliphatic rings. The summed E-state index contributed by atoms with van der Waals surface area (Å²) in [5, 5.41) is 14.0. The highest BCUT2D eigenvalue weighted by atomic mass is 16.5. The summed E-state index contributed by atoms with van der Waals surface area (Å²) in [5.41, 5.74) is 0. The van der Waals surface area contributed by atoms with Crippen LogP contribution in [0.15, 0.2) is 6.20 Å². The number of ether oxygens (including phenoxy) is 1. The first kappa shape index (κ1) is 13.6. The highest BCUT2D eigenvalue weighted by Gasteiger charge is 1.99. The van der Waals surface area contributed by atoms with Crippen LogP contribution < -0.4 is 10.6 Å². The van der Waals surface area contributed by atoms with Crippen LogP contribution in [0.3, 0.4) is 0 Å². The lowest BCUT2D eigenvalue weighted by molar-refractivity contribution is 0.210. The Morgan fingerprint density at radius 1 is 1.29 bits per heavy atom. The van der Waals surface area contributed by atoms with Crippen molar-refractivity contribution in [3.05, 3.63) is 6.20 Å². The van der Waals surface area contributed by atoms with Gasteiger partial charge < -0.3 is 20.3 Å². The summed E-state index contributed by atoms with van der Waals surface area (Å²) >= 11 is 0. The molecule has 1 aromatic heterocycles. The lowest BCUT2D eigenvalue weighted by atomic mass is 10.5. The van der Waals surface area contributed by atoms with Gasteiger partial charge in [-0.15, -0.1) is 5.10 Å². The largest absolute Gasteiger partial charge is 0.383 e. The van der Waals surface area contributed by atoms with Crippen molar-refractivity contribution < 1.29 is 4.74 Å². The second-order valence-electron chi connectivity index (χ2n) is 3.81. The van der Waals surface area contributed by atoms with E-state index in [1.54, 1.807) is 13.3 Å². The third-order valence-electron chi connectivity index (χ3n) is 2.01. The van der Waals surface area contributed by atoms with Crippen molar-refractivity contribution in [2.45, 2.75) is 0 Å². The van der Waals surface area contributed by atoms with Gasteiger partial charge in [0.05, 0.1) is 12.8 Å². The van der Waals surface area contributed by atoms with E-state index in [1.165, 1.54) is 0 Å². The van der Waals surface area contributed by atoms with E-state index in [9.17, 15) is 0 Å². The van der Waals surface area contributed by atoms with Crippen LogP contribution in [0.5, 0.6) is 0 Å². The van der Waals surface area contributed by atoms with Gasteiger partial charge in [-0.25, -0.2) is 0 Å². The number of nitrogens with one attached hydrogen (secondary N) is 2. The Morgan fingerprint density at radius 2 is 2.12 bits per heavy atom. The van der Waals surface area contributed by atoms with Crippen molar-refractivity contribution >= 4 is 11.8 Å². The second-order valence-corrected chi connectivity index (χ2v) is 3.81. The van der Waals surface area contributed by atoms with Crippen molar-refractivity contribution in [2.75, 3.05) is 58.1 Å². The Kier molecular flexibility index (Phi) is 6.19. The van der Waals surface area contributed by atoms with Gasteiger partial charge in [0.25, 0.3) is 0 Å². The Hall–Kier alpha value is -1.47. The molecule has 0 saturated carbocycles. The van der Waals surface area contributed by atoms with Gasteiger partial charge in [-0.05, 0) is 14.1 Å². The predicted molar refractivity (Wildman–Crippen MR) is 67.2 cm³/mol. The van der Waals surface area contributed by atoms with E-state index in [2.05, 4.69) is 30.7 Å². The fourth-order valence-electron chi connectivity index (χ4n) is 1.14. The number of hydrogen-bond acceptors (Lipinski definition) is 7. The third kappa shape index (κ3) is 5.98. The normalized spacial score (nSPS) is 10.6. The van der Waals surface area contributed by atoms with Gasteiger partial charge in [0.1, 0.15) is 0 Å². The van der Waals surface area contributed by atoms with E-state index in [1.807, 2.05) is 14.1 Å². The fourth-order valence-corrected chi connectivity index (χ4v) is 1.14. The molecule has 0 aliphatic heterocycles. The summed E-state index contributed by atoms with van der Waals surface area (Å²) in [6.07, 6.45) is 1.61. The molecule has 96 valence electrons. The monoisotopic (exact) mass is 240 g/mol. The third-order valence-corrected chi connectivity index (χ3v) is 2.01. The standard InChI is InChI=1S/C10H20N6O/c1-16(2)6-4-11-9-8-13-15-10(14-9)12-5-7-17-3/h8H,4-7H2,1-3H3,(H2,11,12,14,15). The molecular formula is C10H20N6O. The lowest BCUT2D eigenvalue weighted by Crippen LogP contribution is -2.21. The summed E-state index contributed by atoms with van der Waals surface area (Å²) in [4.78, 5) is 6.37. The Bertz CT molecular complexity index is 319. The smallest absolute Gasteiger partial charge is 0.244 e. The van der Waals surface area contributed by atoms with Crippen LogP contribution in [0.2, 0.25) is 0 Å². The fraction of sp³-hybridized carbons (Fsp3) is 0.700. The molecule has 2 N–H and O–H groups in total. The molecule has 0 amide bonds. The SMILES string of the molecule is COCCNc1nncc(NCCN(C)C)n1. The highest BCUT2D eigenvalue weighted by Crippen LogP contribution is 2.02. The molecule has 17 heavy (non-hydrogen) atoms. The number of rotatable bonds is 8. The first-order chi connectivity index (χ1) is 8.22. The quantitative estimate of drug-likeness (QED) is 0.615. The zero-order chi connectivity index (χ0) is 12.5. The van der Waals surface area contributed by atoms with E-state index in [4.69, 9.17) is 4.74 Å². The topological polar surface area (TPSA) is 75.2 Å². The first-order valence-electron chi connectivity index (χ1n) is 5.53. The molecule has 0 radical (unpaired) electrons. The summed E-state index contributed by atoms with van der Waals surface area (Å²) in [5.74, 6) is 1.23. The van der Waals surface area contributed by atoms with Gasteiger partial charge in [-0.1, -0.05) is 0 Å². The summed E-state index contributed by atoms with van der Waals surface area (Å²) in [7, 11) is 5.70. The average molecular weight is 240 g/mol. The molecule has 0 unspecified atom stereocenters. The van der Waals surface area contributed by atoms with Crippen LogP contribution in [0.25, 0.3) is 0 Å². The molecule has 0 spiro atoms. The van der Waals surface area contributed by atoms with Crippen LogP contribution in [-0.4, -0.2) is 67.5 Å². The maximum Gasteiger partial charge on any atom is 0.244 e. The molecule has 0 atom stereocenters. The predicted octanol–water partition coefficient (Wildman–Crippen LogP) is -0.0966. The molecule has 1 aromatic rings. The van der Waals surface area contributed by atoms with E-state index in [0.717, 1.165) is 18.9 Å². The van der Waals surface area contributed by atoms with Crippen LogP contribution >= 0.6 is 0 Å². The molecule has 7 nitrogen and oxygen atoms in total. The van der Waals surface area contributed by atoms with E-state index >= 15 is 0 Å². The maximum absolute atomic E-state index is 4.93. The van der Waals surface area contributed by atoms with Crippen molar-refractivity contribution in [1.82, 2.24) is 20.1 Å². The van der Waals surface area contributed by atoms with Crippen LogP contribution in [0.1, 0.15) is 0 Å². The van der Waals surface area contributed by atoms with Crippen LogP contribution in [-0.2, 0) is 4.74 Å². The van der Waals surface area contributed by atoms with Gasteiger partial charge in [0.15, 0.2) is 5.82 Å². The molecule has 1 rings (SSSR count). The molecule has 0 fully saturated rings. The molecule has 7 heteroatoms. The van der Waals surface area contributed by atoms with Crippen molar-refractivity contribution in [3.63, 3.8) is 0 Å². The molecule has 0 aromatic carbocycles.